The van der Waals surface area contributed by atoms with Crippen molar-refractivity contribution in [3.05, 3.63) is 50.4 Å². The third-order valence-corrected chi connectivity index (χ3v) is 4.36. The molecule has 0 radical (unpaired) electrons. The molecule has 0 unspecified atom stereocenters. The zero-order valence-corrected chi connectivity index (χ0v) is 14.0. The Bertz CT molecular complexity index is 617. The quantitative estimate of drug-likeness (QED) is 0.671. The number of hydrogen-bond acceptors (Lipinski definition) is 3. The predicted octanol–water partition coefficient (Wildman–Crippen LogP) is 3.28. The summed E-state index contributed by atoms with van der Waals surface area (Å²) in [7, 11) is 1.76. The number of hydrogen-bond donors (Lipinski definition) is 2. The van der Waals surface area contributed by atoms with Gasteiger partial charge in [-0.2, -0.15) is 0 Å². The highest BCUT2D eigenvalue weighted by Gasteiger charge is 2.05. The van der Waals surface area contributed by atoms with E-state index in [2.05, 4.69) is 27.5 Å². The highest BCUT2D eigenvalue weighted by molar-refractivity contribution is 7.11. The van der Waals surface area contributed by atoms with E-state index in [1.807, 2.05) is 31.2 Å². The van der Waals surface area contributed by atoms with Crippen LogP contribution in [0.1, 0.15) is 21.1 Å². The molecule has 0 amide bonds. The van der Waals surface area contributed by atoms with Gasteiger partial charge in [-0.1, -0.05) is 23.7 Å². The van der Waals surface area contributed by atoms with Gasteiger partial charge >= 0.3 is 0 Å². The van der Waals surface area contributed by atoms with E-state index in [9.17, 15) is 0 Å². The van der Waals surface area contributed by atoms with Gasteiger partial charge < -0.3 is 10.6 Å². The Labute approximate surface area is 134 Å². The highest BCUT2D eigenvalue weighted by atomic mass is 35.5. The van der Waals surface area contributed by atoms with E-state index in [-0.39, 0.29) is 0 Å². The van der Waals surface area contributed by atoms with Gasteiger partial charge in [-0.3, -0.25) is 4.99 Å². The van der Waals surface area contributed by atoms with Gasteiger partial charge in [0.05, 0.1) is 12.2 Å². The smallest absolute Gasteiger partial charge is 0.191 e. The van der Waals surface area contributed by atoms with Crippen LogP contribution in [-0.4, -0.2) is 18.0 Å². The summed E-state index contributed by atoms with van der Waals surface area (Å²) in [5.74, 6) is 0.750. The molecular weight excluding hydrogens is 304 g/mol. The zero-order valence-electron chi connectivity index (χ0n) is 12.4. The Morgan fingerprint density at radius 1 is 1.29 bits per heavy atom. The first-order chi connectivity index (χ1) is 10.1. The summed E-state index contributed by atoms with van der Waals surface area (Å²) in [4.78, 5) is 9.97. The number of aromatic nitrogens is 1. The molecule has 1 heterocycles. The van der Waals surface area contributed by atoms with Crippen LogP contribution < -0.4 is 10.6 Å². The summed E-state index contributed by atoms with van der Waals surface area (Å²) in [6, 6.07) is 7.77. The fourth-order valence-electron chi connectivity index (χ4n) is 1.83. The minimum Gasteiger partial charge on any atom is -0.352 e. The number of nitrogens with one attached hydrogen (secondary N) is 2. The monoisotopic (exact) mass is 322 g/mol. The summed E-state index contributed by atoms with van der Waals surface area (Å²) >= 11 is 7.68. The van der Waals surface area contributed by atoms with E-state index in [0.29, 0.717) is 13.1 Å². The van der Waals surface area contributed by atoms with Gasteiger partial charge in [-0.15, -0.1) is 11.3 Å². The van der Waals surface area contributed by atoms with Gasteiger partial charge in [0, 0.05) is 23.5 Å². The van der Waals surface area contributed by atoms with Crippen molar-refractivity contribution in [2.24, 2.45) is 4.99 Å². The lowest BCUT2D eigenvalue weighted by molar-refractivity contribution is 0.803. The van der Waals surface area contributed by atoms with Gasteiger partial charge in [-0.25, -0.2) is 4.98 Å². The fraction of sp³-hybridized carbons (Fsp3) is 0.333. The SMILES string of the molecule is CN=C(NCc1cccc(Cl)c1)NCc1nc(C)c(C)s1. The van der Waals surface area contributed by atoms with Crippen LogP contribution in [0.4, 0.5) is 0 Å². The van der Waals surface area contributed by atoms with Crippen molar-refractivity contribution in [2.45, 2.75) is 26.9 Å². The summed E-state index contributed by atoms with van der Waals surface area (Å²) in [6.07, 6.45) is 0. The first-order valence-electron chi connectivity index (χ1n) is 6.70. The average molecular weight is 323 g/mol. The fourth-order valence-corrected chi connectivity index (χ4v) is 2.91. The molecular formula is C15H19ClN4S. The molecule has 1 aromatic heterocycles. The van der Waals surface area contributed by atoms with Crippen LogP contribution in [0.15, 0.2) is 29.3 Å². The normalized spacial score (nSPS) is 11.5. The number of aryl methyl sites for hydroxylation is 2. The molecule has 0 bridgehead atoms. The van der Waals surface area contributed by atoms with E-state index >= 15 is 0 Å². The molecule has 1 aromatic carbocycles. The van der Waals surface area contributed by atoms with Crippen molar-refractivity contribution in [1.82, 2.24) is 15.6 Å². The topological polar surface area (TPSA) is 49.3 Å². The number of halogens is 1. The van der Waals surface area contributed by atoms with Crippen molar-refractivity contribution in [1.29, 1.82) is 0 Å². The molecule has 0 saturated carbocycles. The second-order valence-corrected chi connectivity index (χ2v) is 6.38. The highest BCUT2D eigenvalue weighted by Crippen LogP contribution is 2.15. The van der Waals surface area contributed by atoms with Crippen molar-refractivity contribution < 1.29 is 0 Å². The lowest BCUT2D eigenvalue weighted by Crippen LogP contribution is -2.36. The maximum atomic E-state index is 5.97. The Morgan fingerprint density at radius 2 is 2.05 bits per heavy atom. The number of benzene rings is 1. The third kappa shape index (κ3) is 4.72. The Kier molecular flexibility index (Phi) is 5.59. The Morgan fingerprint density at radius 3 is 2.67 bits per heavy atom. The Balaban J connectivity index is 1.86. The van der Waals surface area contributed by atoms with E-state index in [1.165, 1.54) is 4.88 Å². The van der Waals surface area contributed by atoms with Gasteiger partial charge in [0.15, 0.2) is 5.96 Å². The number of thiazole rings is 1. The summed E-state index contributed by atoms with van der Waals surface area (Å²) < 4.78 is 0. The molecule has 21 heavy (non-hydrogen) atoms. The minimum absolute atomic E-state index is 0.675. The average Bonchev–Trinajstić information content (AvgIpc) is 2.78. The van der Waals surface area contributed by atoms with Gasteiger partial charge in [0.25, 0.3) is 0 Å². The molecule has 112 valence electrons. The molecule has 2 rings (SSSR count). The first-order valence-corrected chi connectivity index (χ1v) is 7.90. The molecule has 4 nitrogen and oxygen atoms in total. The molecule has 0 spiro atoms. The van der Waals surface area contributed by atoms with Crippen LogP contribution in [-0.2, 0) is 13.1 Å². The molecule has 0 fully saturated rings. The van der Waals surface area contributed by atoms with Crippen LogP contribution >= 0.6 is 22.9 Å². The van der Waals surface area contributed by atoms with Crippen LogP contribution in [0.25, 0.3) is 0 Å². The maximum Gasteiger partial charge on any atom is 0.191 e. The number of aliphatic imine (C=N–C) groups is 1. The van der Waals surface area contributed by atoms with Gasteiger partial charge in [0.1, 0.15) is 5.01 Å². The van der Waals surface area contributed by atoms with Crippen LogP contribution in [0.5, 0.6) is 0 Å². The second kappa shape index (κ2) is 7.43. The standard InChI is InChI=1S/C15H19ClN4S/c1-10-11(2)21-14(20-10)9-19-15(17-3)18-8-12-5-4-6-13(16)7-12/h4-7H,8-9H2,1-3H3,(H2,17,18,19). The molecule has 0 saturated heterocycles. The molecule has 2 aromatic rings. The molecule has 0 aliphatic rings. The molecule has 0 aliphatic carbocycles. The van der Waals surface area contributed by atoms with Crippen molar-refractivity contribution in [2.75, 3.05) is 7.05 Å². The number of guanidine groups is 1. The zero-order chi connectivity index (χ0) is 15.2. The van der Waals surface area contributed by atoms with E-state index < -0.39 is 0 Å². The maximum absolute atomic E-state index is 5.97. The second-order valence-electron chi connectivity index (χ2n) is 4.66. The number of nitrogens with zero attached hydrogens (tertiary/aromatic N) is 2. The van der Waals surface area contributed by atoms with Crippen LogP contribution in [0, 0.1) is 13.8 Å². The first kappa shape index (κ1) is 15.8. The van der Waals surface area contributed by atoms with Crippen molar-refractivity contribution >= 4 is 28.9 Å². The molecule has 0 atom stereocenters. The van der Waals surface area contributed by atoms with Gasteiger partial charge in [0.2, 0.25) is 0 Å². The summed E-state index contributed by atoms with van der Waals surface area (Å²) in [5.41, 5.74) is 2.21. The van der Waals surface area contributed by atoms with Crippen LogP contribution in [0.2, 0.25) is 5.02 Å². The largest absolute Gasteiger partial charge is 0.352 e. The van der Waals surface area contributed by atoms with E-state index in [4.69, 9.17) is 11.6 Å². The lowest BCUT2D eigenvalue weighted by atomic mass is 10.2. The van der Waals surface area contributed by atoms with Crippen LogP contribution in [0.3, 0.4) is 0 Å². The molecule has 6 heteroatoms. The van der Waals surface area contributed by atoms with E-state index in [0.717, 1.165) is 27.2 Å². The summed E-state index contributed by atoms with van der Waals surface area (Å²) in [6.45, 7) is 5.47. The predicted molar refractivity (Wildman–Crippen MR) is 90.1 cm³/mol. The molecule has 0 aliphatic heterocycles. The Hall–Kier alpha value is -1.59. The van der Waals surface area contributed by atoms with E-state index in [1.54, 1.807) is 18.4 Å². The number of rotatable bonds is 4. The summed E-state index contributed by atoms with van der Waals surface area (Å²) in [5, 5.41) is 8.33. The van der Waals surface area contributed by atoms with Gasteiger partial charge in [-0.05, 0) is 31.5 Å². The van der Waals surface area contributed by atoms with Crippen molar-refractivity contribution in [3.63, 3.8) is 0 Å². The minimum atomic E-state index is 0.675. The van der Waals surface area contributed by atoms with Crippen molar-refractivity contribution in [3.8, 4) is 0 Å². The molecule has 2 N–H and O–H groups in total. The third-order valence-electron chi connectivity index (χ3n) is 3.05. The lowest BCUT2D eigenvalue weighted by Gasteiger charge is -2.11.